The van der Waals surface area contributed by atoms with Crippen molar-refractivity contribution in [2.45, 2.75) is 63.6 Å². The molecule has 2 heterocycles. The summed E-state index contributed by atoms with van der Waals surface area (Å²) in [4.78, 5) is 23.6. The number of nitrogens with zero attached hydrogens (tertiary/aromatic N) is 3. The number of piperidine rings is 1. The van der Waals surface area contributed by atoms with Crippen LogP contribution in [0.2, 0.25) is 0 Å². The van der Waals surface area contributed by atoms with Gasteiger partial charge in [0.1, 0.15) is 0 Å². The summed E-state index contributed by atoms with van der Waals surface area (Å²) in [5, 5.41) is 0.725. The molecule has 1 aromatic heterocycles. The Morgan fingerprint density at radius 3 is 2.64 bits per heavy atom. The maximum atomic E-state index is 12.6. The van der Waals surface area contributed by atoms with Crippen LogP contribution in [0.15, 0.2) is 11.2 Å². The van der Waals surface area contributed by atoms with Crippen LogP contribution in [0.25, 0.3) is 0 Å². The summed E-state index contributed by atoms with van der Waals surface area (Å²) in [6, 6.07) is 2.46. The molecular formula is C17H25N3OS. The lowest BCUT2D eigenvalue weighted by Gasteiger charge is -2.44. The predicted molar refractivity (Wildman–Crippen MR) is 88.9 cm³/mol. The fourth-order valence-electron chi connectivity index (χ4n) is 3.90. The number of hydrogen-bond acceptors (Lipinski definition) is 4. The molecule has 5 heteroatoms. The molecule has 2 atom stereocenters. The molecule has 0 N–H and O–H groups in total. The van der Waals surface area contributed by atoms with E-state index in [-0.39, 0.29) is 5.91 Å². The summed E-state index contributed by atoms with van der Waals surface area (Å²) < 4.78 is 0. The Kier molecular flexibility index (Phi) is 5.01. The van der Waals surface area contributed by atoms with Crippen molar-refractivity contribution in [1.29, 1.82) is 0 Å². The number of aryl methyl sites for hydroxylation is 2. The van der Waals surface area contributed by atoms with Gasteiger partial charge in [0.25, 0.3) is 0 Å². The van der Waals surface area contributed by atoms with Gasteiger partial charge in [-0.1, -0.05) is 24.6 Å². The van der Waals surface area contributed by atoms with E-state index in [4.69, 9.17) is 0 Å². The third kappa shape index (κ3) is 3.62. The van der Waals surface area contributed by atoms with E-state index in [0.29, 0.717) is 11.8 Å². The number of fused-ring (bicyclic) bond motifs is 1. The Hall–Kier alpha value is -1.10. The fraction of sp³-hybridized carbons (Fsp3) is 0.706. The molecule has 2 unspecified atom stereocenters. The highest BCUT2D eigenvalue weighted by Gasteiger charge is 2.35. The molecule has 4 nitrogen and oxygen atoms in total. The van der Waals surface area contributed by atoms with Crippen LogP contribution in [0.3, 0.4) is 0 Å². The second-order valence-corrected chi connectivity index (χ2v) is 7.51. The van der Waals surface area contributed by atoms with Gasteiger partial charge in [-0.25, -0.2) is 9.97 Å². The molecule has 1 aromatic rings. The van der Waals surface area contributed by atoms with Crippen molar-refractivity contribution in [3.8, 4) is 0 Å². The molecule has 3 rings (SSSR count). The van der Waals surface area contributed by atoms with Crippen molar-refractivity contribution in [3.63, 3.8) is 0 Å². The number of likely N-dealkylation sites (tertiary alicyclic amines) is 1. The molecule has 1 aliphatic heterocycles. The zero-order chi connectivity index (χ0) is 15.5. The number of amides is 1. The van der Waals surface area contributed by atoms with Crippen molar-refractivity contribution >= 4 is 17.7 Å². The Labute approximate surface area is 137 Å². The predicted octanol–water partition coefficient (Wildman–Crippen LogP) is 3.37. The summed E-state index contributed by atoms with van der Waals surface area (Å²) in [5.41, 5.74) is 1.93. The summed E-state index contributed by atoms with van der Waals surface area (Å²) in [7, 11) is 0. The summed E-state index contributed by atoms with van der Waals surface area (Å²) in [6.07, 6.45) is 7.59. The van der Waals surface area contributed by atoms with Crippen LogP contribution in [0.1, 0.15) is 49.9 Å². The lowest BCUT2D eigenvalue weighted by Crippen LogP contribution is -2.50. The van der Waals surface area contributed by atoms with Crippen molar-refractivity contribution in [3.05, 3.63) is 17.5 Å². The Bertz CT molecular complexity index is 526. The number of thioether (sulfide) groups is 1. The van der Waals surface area contributed by atoms with E-state index in [1.165, 1.54) is 43.9 Å². The maximum absolute atomic E-state index is 12.6. The molecule has 1 amide bonds. The first kappa shape index (κ1) is 15.8. The largest absolute Gasteiger partial charge is 0.339 e. The monoisotopic (exact) mass is 319 g/mol. The Morgan fingerprint density at radius 1 is 1.18 bits per heavy atom. The first-order valence-corrected chi connectivity index (χ1v) is 9.36. The van der Waals surface area contributed by atoms with Crippen molar-refractivity contribution in [1.82, 2.24) is 14.9 Å². The van der Waals surface area contributed by atoms with Gasteiger partial charge in [-0.05, 0) is 51.5 Å². The van der Waals surface area contributed by atoms with Gasteiger partial charge in [0.2, 0.25) is 5.91 Å². The van der Waals surface area contributed by atoms with Gasteiger partial charge < -0.3 is 4.90 Å². The van der Waals surface area contributed by atoms with Crippen LogP contribution in [0.4, 0.5) is 0 Å². The van der Waals surface area contributed by atoms with Gasteiger partial charge >= 0.3 is 0 Å². The lowest BCUT2D eigenvalue weighted by molar-refractivity contribution is -0.134. The average Bonchev–Trinajstić information content (AvgIpc) is 2.51. The molecular weight excluding hydrogens is 294 g/mol. The van der Waals surface area contributed by atoms with Gasteiger partial charge in [-0.15, -0.1) is 0 Å². The number of aromatic nitrogens is 2. The van der Waals surface area contributed by atoms with E-state index in [1.807, 2.05) is 19.9 Å². The van der Waals surface area contributed by atoms with Gasteiger partial charge in [-0.3, -0.25) is 4.79 Å². The number of hydrogen-bond donors (Lipinski definition) is 0. The zero-order valence-electron chi connectivity index (χ0n) is 13.5. The van der Waals surface area contributed by atoms with Crippen LogP contribution < -0.4 is 0 Å². The highest BCUT2D eigenvalue weighted by atomic mass is 32.2. The fourth-order valence-corrected chi connectivity index (χ4v) is 4.74. The molecule has 120 valence electrons. The molecule has 22 heavy (non-hydrogen) atoms. The molecule has 1 saturated carbocycles. The van der Waals surface area contributed by atoms with Crippen LogP contribution in [-0.4, -0.2) is 39.1 Å². The normalized spacial score (nSPS) is 24.9. The third-order valence-electron chi connectivity index (χ3n) is 4.85. The van der Waals surface area contributed by atoms with Crippen molar-refractivity contribution < 1.29 is 4.79 Å². The zero-order valence-corrected chi connectivity index (χ0v) is 14.4. The molecule has 0 aromatic carbocycles. The highest BCUT2D eigenvalue weighted by Crippen LogP contribution is 2.35. The quantitative estimate of drug-likeness (QED) is 0.633. The van der Waals surface area contributed by atoms with E-state index in [0.717, 1.165) is 35.4 Å². The summed E-state index contributed by atoms with van der Waals surface area (Å²) in [6.45, 7) is 4.88. The highest BCUT2D eigenvalue weighted by molar-refractivity contribution is 7.99. The van der Waals surface area contributed by atoms with E-state index in [1.54, 1.807) is 0 Å². The van der Waals surface area contributed by atoms with Crippen LogP contribution in [-0.2, 0) is 4.79 Å². The molecule has 0 radical (unpaired) electrons. The minimum Gasteiger partial charge on any atom is -0.339 e. The van der Waals surface area contributed by atoms with Crippen molar-refractivity contribution in [2.24, 2.45) is 5.92 Å². The van der Waals surface area contributed by atoms with Gasteiger partial charge in [-0.2, -0.15) is 0 Å². The van der Waals surface area contributed by atoms with Gasteiger partial charge in [0.05, 0.1) is 5.75 Å². The number of rotatable bonds is 3. The SMILES string of the molecule is Cc1cc(C)nc(SCC(=O)N2CCCC3CCCCC32)n1. The summed E-state index contributed by atoms with van der Waals surface area (Å²) in [5.74, 6) is 1.48. The first-order chi connectivity index (χ1) is 10.6. The minimum absolute atomic E-state index is 0.268. The second-order valence-electron chi connectivity index (χ2n) is 6.56. The van der Waals surface area contributed by atoms with E-state index in [2.05, 4.69) is 14.9 Å². The average molecular weight is 319 g/mol. The Balaban J connectivity index is 1.61. The van der Waals surface area contributed by atoms with Crippen LogP contribution >= 0.6 is 11.8 Å². The van der Waals surface area contributed by atoms with Crippen LogP contribution in [0, 0.1) is 19.8 Å². The number of carbonyl (C=O) groups is 1. The molecule has 1 aliphatic carbocycles. The molecule has 2 fully saturated rings. The molecule has 0 bridgehead atoms. The lowest BCUT2D eigenvalue weighted by atomic mass is 9.78. The Morgan fingerprint density at radius 2 is 1.86 bits per heavy atom. The van der Waals surface area contributed by atoms with Gasteiger partial charge in [0, 0.05) is 24.0 Å². The topological polar surface area (TPSA) is 46.1 Å². The van der Waals surface area contributed by atoms with E-state index >= 15 is 0 Å². The molecule has 0 spiro atoms. The van der Waals surface area contributed by atoms with E-state index < -0.39 is 0 Å². The minimum atomic E-state index is 0.268. The smallest absolute Gasteiger partial charge is 0.233 e. The van der Waals surface area contributed by atoms with Crippen LogP contribution in [0.5, 0.6) is 0 Å². The van der Waals surface area contributed by atoms with Gasteiger partial charge in [0.15, 0.2) is 5.16 Å². The standard InChI is InChI=1S/C17H25N3OS/c1-12-10-13(2)19-17(18-12)22-11-16(21)20-9-5-7-14-6-3-4-8-15(14)20/h10,14-15H,3-9,11H2,1-2H3. The number of carbonyl (C=O) groups excluding carboxylic acids is 1. The van der Waals surface area contributed by atoms with Crippen molar-refractivity contribution in [2.75, 3.05) is 12.3 Å². The maximum Gasteiger partial charge on any atom is 0.233 e. The van der Waals surface area contributed by atoms with E-state index in [9.17, 15) is 4.79 Å². The molecule has 1 saturated heterocycles. The first-order valence-electron chi connectivity index (χ1n) is 8.38. The second kappa shape index (κ2) is 6.99. The third-order valence-corrected chi connectivity index (χ3v) is 5.68. The summed E-state index contributed by atoms with van der Waals surface area (Å²) >= 11 is 1.48. The molecule has 2 aliphatic rings.